The van der Waals surface area contributed by atoms with E-state index in [0.717, 1.165) is 25.5 Å². The molecule has 0 bridgehead atoms. The fraction of sp³-hybridized carbons (Fsp3) is 0.333. The van der Waals surface area contributed by atoms with Crippen LogP contribution < -0.4 is 10.6 Å². The molecule has 2 N–H and O–H groups in total. The Balaban J connectivity index is 2.00. The minimum Gasteiger partial charge on any atom is -0.338 e. The molecule has 3 rings (SSSR count). The Morgan fingerprint density at radius 1 is 1.33 bits per heavy atom. The van der Waals surface area contributed by atoms with Gasteiger partial charge in [0.25, 0.3) is 0 Å². The number of nitrogens with zero attached hydrogens (tertiary/aromatic N) is 3. The molecule has 1 saturated carbocycles. The number of carbonyl (C=O) groups excluding carboxylic acids is 1. The van der Waals surface area contributed by atoms with Gasteiger partial charge in [-0.25, -0.2) is 18.4 Å². The van der Waals surface area contributed by atoms with Gasteiger partial charge in [0.15, 0.2) is 15.6 Å². The zero-order valence-electron chi connectivity index (χ0n) is 17.2. The minimum atomic E-state index is -3.50. The molecule has 8 nitrogen and oxygen atoms in total. The number of hydrogen-bond acceptors (Lipinski definition) is 7. The van der Waals surface area contributed by atoms with Crippen LogP contribution in [0.2, 0.25) is 0 Å². The summed E-state index contributed by atoms with van der Waals surface area (Å²) in [6.07, 6.45) is 10.5. The van der Waals surface area contributed by atoms with Crippen LogP contribution >= 0.6 is 0 Å². The van der Waals surface area contributed by atoms with Gasteiger partial charge in [-0.3, -0.25) is 9.79 Å². The van der Waals surface area contributed by atoms with E-state index in [1.165, 1.54) is 18.5 Å². The number of nitrogens with one attached hydrogen (secondary N) is 2. The normalized spacial score (nSPS) is 14.7. The lowest BCUT2D eigenvalue weighted by molar-refractivity contribution is 0.0968. The molecule has 0 atom stereocenters. The second kappa shape index (κ2) is 9.17. The molecule has 0 aliphatic heterocycles. The molecule has 0 aromatic carbocycles. The van der Waals surface area contributed by atoms with Crippen molar-refractivity contribution in [3.8, 4) is 0 Å². The number of Topliss-reactive ketones (excluding diaryl/α,β-unsaturated/α-hetero) is 1. The van der Waals surface area contributed by atoms with Crippen LogP contribution in [0.3, 0.4) is 0 Å². The first-order chi connectivity index (χ1) is 14.3. The predicted octanol–water partition coefficient (Wildman–Crippen LogP) is 3.62. The van der Waals surface area contributed by atoms with Crippen LogP contribution in [-0.4, -0.2) is 43.3 Å². The number of anilines is 3. The Hall–Kier alpha value is -3.07. The van der Waals surface area contributed by atoms with Crippen LogP contribution in [0.25, 0.3) is 0 Å². The van der Waals surface area contributed by atoms with E-state index in [9.17, 15) is 13.2 Å². The number of rotatable bonds is 8. The molecule has 158 valence electrons. The molecule has 1 fully saturated rings. The third kappa shape index (κ3) is 5.29. The van der Waals surface area contributed by atoms with Gasteiger partial charge in [0.2, 0.25) is 0 Å². The molecule has 1 aliphatic carbocycles. The summed E-state index contributed by atoms with van der Waals surface area (Å²) in [4.78, 5) is 25.5. The Kier molecular flexibility index (Phi) is 6.61. The smallest absolute Gasteiger partial charge is 0.179 e. The lowest BCUT2D eigenvalue weighted by atomic mass is 10.1. The third-order valence-corrected chi connectivity index (χ3v) is 5.68. The molecule has 0 unspecified atom stereocenters. The monoisotopic (exact) mass is 427 g/mol. The Morgan fingerprint density at radius 3 is 2.73 bits per heavy atom. The van der Waals surface area contributed by atoms with Gasteiger partial charge < -0.3 is 10.6 Å². The largest absolute Gasteiger partial charge is 0.338 e. The zero-order valence-corrected chi connectivity index (χ0v) is 18.0. The molecule has 2 aromatic heterocycles. The molecule has 0 spiro atoms. The maximum absolute atomic E-state index is 12.8. The molecular formula is C21H25N5O3S. The van der Waals surface area contributed by atoms with Crippen LogP contribution in [0.5, 0.6) is 0 Å². The highest BCUT2D eigenvalue weighted by molar-refractivity contribution is 7.90. The summed E-state index contributed by atoms with van der Waals surface area (Å²) in [5, 5.41) is 6.14. The molecule has 1 aliphatic rings. The number of sulfone groups is 1. The van der Waals surface area contributed by atoms with Gasteiger partial charge in [-0.15, -0.1) is 0 Å². The third-order valence-electron chi connectivity index (χ3n) is 4.55. The number of hydrogen-bond donors (Lipinski definition) is 2. The van der Waals surface area contributed by atoms with Gasteiger partial charge in [-0.05, 0) is 37.5 Å². The van der Waals surface area contributed by atoms with Gasteiger partial charge >= 0.3 is 0 Å². The molecular weight excluding hydrogens is 402 g/mol. The number of ketones is 1. The lowest BCUT2D eigenvalue weighted by Crippen LogP contribution is -2.13. The van der Waals surface area contributed by atoms with Crippen LogP contribution in [0.15, 0.2) is 52.6 Å². The number of pyridine rings is 2. The highest BCUT2D eigenvalue weighted by Crippen LogP contribution is 2.36. The van der Waals surface area contributed by atoms with Crippen LogP contribution in [0, 0.1) is 5.92 Å². The zero-order chi connectivity index (χ0) is 21.7. The van der Waals surface area contributed by atoms with E-state index in [1.54, 1.807) is 19.2 Å². The van der Waals surface area contributed by atoms with E-state index in [0.29, 0.717) is 22.9 Å². The maximum Gasteiger partial charge on any atom is 0.179 e. The Labute approximate surface area is 176 Å². The average molecular weight is 428 g/mol. The van der Waals surface area contributed by atoms with Gasteiger partial charge in [-0.2, -0.15) is 0 Å². The number of amidine groups is 1. The standard InChI is InChI=1S/C21H25N5O3S/c1-4-5-8-18(22-2)26-19-12-16(15(13-24-19)20(27)14-9-10-14)25-21-17(30(3,28)29)7-6-11-23-21/h5-8,11-14H,4,9-10H2,1-3H3,(H2,22,23,24,25,26)/b8-5-. The first-order valence-corrected chi connectivity index (χ1v) is 11.6. The Bertz CT molecular complexity index is 1110. The molecule has 0 amide bonds. The molecule has 9 heteroatoms. The highest BCUT2D eigenvalue weighted by Gasteiger charge is 2.32. The van der Waals surface area contributed by atoms with Crippen LogP contribution in [0.4, 0.5) is 17.3 Å². The van der Waals surface area contributed by atoms with E-state index in [4.69, 9.17) is 0 Å². The van der Waals surface area contributed by atoms with E-state index in [1.807, 2.05) is 19.1 Å². The summed E-state index contributed by atoms with van der Waals surface area (Å²) >= 11 is 0. The van der Waals surface area contributed by atoms with E-state index in [2.05, 4.69) is 25.6 Å². The van der Waals surface area contributed by atoms with Gasteiger partial charge in [0.05, 0.1) is 11.3 Å². The van der Waals surface area contributed by atoms with Crippen molar-refractivity contribution in [3.63, 3.8) is 0 Å². The van der Waals surface area contributed by atoms with Crippen molar-refractivity contribution in [3.05, 3.63) is 48.3 Å². The number of carbonyl (C=O) groups is 1. The molecule has 0 radical (unpaired) electrons. The van der Waals surface area contributed by atoms with Crippen molar-refractivity contribution in [2.45, 2.75) is 31.1 Å². The predicted molar refractivity (Wildman–Crippen MR) is 118 cm³/mol. The van der Waals surface area contributed by atoms with Crippen molar-refractivity contribution >= 4 is 38.8 Å². The number of aromatic nitrogens is 2. The summed E-state index contributed by atoms with van der Waals surface area (Å²) < 4.78 is 24.3. The lowest BCUT2D eigenvalue weighted by Gasteiger charge is -2.15. The van der Waals surface area contributed by atoms with E-state index < -0.39 is 9.84 Å². The van der Waals surface area contributed by atoms with Crippen molar-refractivity contribution in [2.75, 3.05) is 23.9 Å². The molecule has 2 heterocycles. The van der Waals surface area contributed by atoms with Crippen molar-refractivity contribution in [2.24, 2.45) is 10.9 Å². The van der Waals surface area contributed by atoms with Crippen LogP contribution in [0.1, 0.15) is 36.5 Å². The second-order valence-electron chi connectivity index (χ2n) is 7.05. The van der Waals surface area contributed by atoms with Crippen molar-refractivity contribution in [1.82, 2.24) is 9.97 Å². The number of allylic oxidation sites excluding steroid dienone is 1. The van der Waals surface area contributed by atoms with Gasteiger partial charge in [0.1, 0.15) is 22.4 Å². The topological polar surface area (TPSA) is 113 Å². The Morgan fingerprint density at radius 2 is 2.10 bits per heavy atom. The van der Waals surface area contributed by atoms with Gasteiger partial charge in [0, 0.05) is 37.7 Å². The summed E-state index contributed by atoms with van der Waals surface area (Å²) in [6, 6.07) is 4.70. The summed E-state index contributed by atoms with van der Waals surface area (Å²) in [7, 11) is -1.84. The fourth-order valence-electron chi connectivity index (χ4n) is 2.83. The fourth-order valence-corrected chi connectivity index (χ4v) is 3.61. The van der Waals surface area contributed by atoms with E-state index in [-0.39, 0.29) is 22.4 Å². The maximum atomic E-state index is 12.8. The number of aliphatic imine (C=N–C) groups is 1. The second-order valence-corrected chi connectivity index (χ2v) is 9.03. The first-order valence-electron chi connectivity index (χ1n) is 9.70. The van der Waals surface area contributed by atoms with Crippen LogP contribution in [-0.2, 0) is 9.84 Å². The average Bonchev–Trinajstić information content (AvgIpc) is 3.56. The SMILES string of the molecule is CC/C=C\C(=NC)Nc1cc(Nc2ncccc2S(C)(=O)=O)c(C(=O)C2CC2)cn1. The first kappa shape index (κ1) is 21.6. The molecule has 30 heavy (non-hydrogen) atoms. The summed E-state index contributed by atoms with van der Waals surface area (Å²) in [5.41, 5.74) is 0.857. The summed E-state index contributed by atoms with van der Waals surface area (Å²) in [6.45, 7) is 2.02. The van der Waals surface area contributed by atoms with Crippen molar-refractivity contribution < 1.29 is 13.2 Å². The minimum absolute atomic E-state index is 0.00970. The van der Waals surface area contributed by atoms with Gasteiger partial charge in [-0.1, -0.05) is 13.0 Å². The summed E-state index contributed by atoms with van der Waals surface area (Å²) in [5.74, 6) is 1.24. The quantitative estimate of drug-likeness (QED) is 0.376. The molecule has 2 aromatic rings. The van der Waals surface area contributed by atoms with E-state index >= 15 is 0 Å². The highest BCUT2D eigenvalue weighted by atomic mass is 32.2. The van der Waals surface area contributed by atoms with Crippen molar-refractivity contribution in [1.29, 1.82) is 0 Å². The molecule has 0 saturated heterocycles.